The van der Waals surface area contributed by atoms with E-state index in [-0.39, 0.29) is 6.04 Å². The van der Waals surface area contributed by atoms with E-state index in [4.69, 9.17) is 0 Å². The molecule has 0 saturated carbocycles. The third kappa shape index (κ3) is 2.96. The molecule has 1 aromatic heterocycles. The van der Waals surface area contributed by atoms with E-state index in [1.54, 1.807) is 12.1 Å². The molecule has 1 N–H and O–H groups in total. The summed E-state index contributed by atoms with van der Waals surface area (Å²) in [5, 5.41) is 21.5. The highest BCUT2D eigenvalue weighted by Gasteiger charge is 2.25. The Hall–Kier alpha value is -1.13. The Morgan fingerprint density at radius 2 is 2.06 bits per heavy atom. The lowest BCUT2D eigenvalue weighted by molar-refractivity contribution is -0.606. The quantitative estimate of drug-likeness (QED) is 0.634. The second kappa shape index (κ2) is 5.47. The van der Waals surface area contributed by atoms with Crippen molar-refractivity contribution in [2.24, 2.45) is 0 Å². The highest BCUT2D eigenvalue weighted by molar-refractivity contribution is 5.11. The van der Waals surface area contributed by atoms with Crippen molar-refractivity contribution >= 4 is 0 Å². The summed E-state index contributed by atoms with van der Waals surface area (Å²) in [6.07, 6.45) is 5.98. The van der Waals surface area contributed by atoms with E-state index in [1.807, 2.05) is 6.92 Å². The monoisotopic (exact) mass is 236 g/mol. The van der Waals surface area contributed by atoms with Crippen LogP contribution in [0, 0.1) is 5.21 Å². The number of aliphatic hydroxyl groups excluding tert-OH is 1. The molecule has 2 rings (SSSR count). The van der Waals surface area contributed by atoms with Crippen molar-refractivity contribution in [2.45, 2.75) is 38.3 Å². The Bertz CT molecular complexity index is 364. The van der Waals surface area contributed by atoms with Crippen molar-refractivity contribution < 1.29 is 9.84 Å². The largest absolute Gasteiger partial charge is 0.619 e. The number of piperidine rings is 1. The first-order valence-electron chi connectivity index (χ1n) is 6.29. The Morgan fingerprint density at radius 1 is 1.35 bits per heavy atom. The number of pyridine rings is 1. The van der Waals surface area contributed by atoms with Crippen LogP contribution < -0.4 is 4.73 Å². The third-order valence-electron chi connectivity index (χ3n) is 3.56. The van der Waals surface area contributed by atoms with Gasteiger partial charge in [-0.25, -0.2) is 0 Å². The number of nitrogens with zero attached hydrogens (tertiary/aromatic N) is 2. The summed E-state index contributed by atoms with van der Waals surface area (Å²) in [5.41, 5.74) is 0.695. The normalized spacial score (nSPS) is 21.1. The van der Waals surface area contributed by atoms with Gasteiger partial charge in [-0.05, 0) is 38.9 Å². The van der Waals surface area contributed by atoms with Crippen LogP contribution in [-0.4, -0.2) is 29.1 Å². The summed E-state index contributed by atoms with van der Waals surface area (Å²) in [5.74, 6) is 0. The molecule has 0 amide bonds. The molecule has 1 aliphatic rings. The fourth-order valence-electron chi connectivity index (χ4n) is 2.45. The van der Waals surface area contributed by atoms with Crippen molar-refractivity contribution in [3.63, 3.8) is 0 Å². The lowest BCUT2D eigenvalue weighted by Gasteiger charge is -2.34. The van der Waals surface area contributed by atoms with Crippen molar-refractivity contribution in [3.8, 4) is 0 Å². The van der Waals surface area contributed by atoms with Crippen molar-refractivity contribution in [1.29, 1.82) is 0 Å². The molecular formula is C13H20N2O2. The van der Waals surface area contributed by atoms with Crippen LogP contribution in [0.1, 0.15) is 37.9 Å². The van der Waals surface area contributed by atoms with Crippen molar-refractivity contribution in [2.75, 3.05) is 13.1 Å². The molecule has 17 heavy (non-hydrogen) atoms. The predicted octanol–water partition coefficient (Wildman–Crippen LogP) is 1.23. The standard InChI is InChI=1S/C13H20N2O2/c1-11(14-7-3-2-4-8-14)13(16)12-6-5-9-15(17)10-12/h5-6,9-11,13,16H,2-4,7-8H2,1H3/t11-,13+/m0/s1. The molecule has 0 aromatic carbocycles. The second-order valence-electron chi connectivity index (χ2n) is 4.78. The number of hydrogen-bond acceptors (Lipinski definition) is 3. The first-order valence-corrected chi connectivity index (χ1v) is 6.29. The van der Waals surface area contributed by atoms with Gasteiger partial charge in [-0.3, -0.25) is 4.90 Å². The molecule has 2 heterocycles. The summed E-state index contributed by atoms with van der Waals surface area (Å²) >= 11 is 0. The minimum Gasteiger partial charge on any atom is -0.619 e. The summed E-state index contributed by atoms with van der Waals surface area (Å²) in [7, 11) is 0. The van der Waals surface area contributed by atoms with E-state index in [2.05, 4.69) is 4.90 Å². The van der Waals surface area contributed by atoms with Crippen LogP contribution in [0.25, 0.3) is 0 Å². The number of rotatable bonds is 3. The zero-order valence-corrected chi connectivity index (χ0v) is 10.2. The molecule has 0 radical (unpaired) electrons. The van der Waals surface area contributed by atoms with Gasteiger partial charge in [-0.1, -0.05) is 6.42 Å². The van der Waals surface area contributed by atoms with E-state index in [9.17, 15) is 10.3 Å². The van der Waals surface area contributed by atoms with Crippen LogP contribution in [0.15, 0.2) is 24.5 Å². The second-order valence-corrected chi connectivity index (χ2v) is 4.78. The highest BCUT2D eigenvalue weighted by atomic mass is 16.5. The molecule has 4 heteroatoms. The molecule has 1 aliphatic heterocycles. The molecule has 1 aromatic rings. The summed E-state index contributed by atoms with van der Waals surface area (Å²) in [6, 6.07) is 3.55. The first-order chi connectivity index (χ1) is 8.18. The first kappa shape index (κ1) is 12.3. The van der Waals surface area contributed by atoms with E-state index in [0.29, 0.717) is 5.56 Å². The molecular weight excluding hydrogens is 216 g/mol. The zero-order chi connectivity index (χ0) is 12.3. The maximum absolute atomic E-state index is 11.2. The van der Waals surface area contributed by atoms with Crippen molar-refractivity contribution in [1.82, 2.24) is 4.90 Å². The molecule has 0 aliphatic carbocycles. The van der Waals surface area contributed by atoms with E-state index < -0.39 is 6.10 Å². The lowest BCUT2D eigenvalue weighted by Crippen LogP contribution is -2.41. The minimum absolute atomic E-state index is 0.0673. The Labute approximate surface area is 102 Å². The van der Waals surface area contributed by atoms with E-state index >= 15 is 0 Å². The van der Waals surface area contributed by atoms with Gasteiger partial charge in [0.1, 0.15) is 6.10 Å². The fourth-order valence-corrected chi connectivity index (χ4v) is 2.45. The van der Waals surface area contributed by atoms with Crippen LogP contribution in [0.2, 0.25) is 0 Å². The Kier molecular flexibility index (Phi) is 3.97. The van der Waals surface area contributed by atoms with Crippen LogP contribution in [0.3, 0.4) is 0 Å². The van der Waals surface area contributed by atoms with Crippen LogP contribution >= 0.6 is 0 Å². The van der Waals surface area contributed by atoms with Gasteiger partial charge in [0.05, 0.1) is 0 Å². The van der Waals surface area contributed by atoms with E-state index in [0.717, 1.165) is 17.8 Å². The van der Waals surface area contributed by atoms with Crippen LogP contribution in [0.4, 0.5) is 0 Å². The van der Waals surface area contributed by atoms with Crippen molar-refractivity contribution in [3.05, 3.63) is 35.3 Å². The van der Waals surface area contributed by atoms with Gasteiger partial charge >= 0.3 is 0 Å². The molecule has 1 saturated heterocycles. The molecule has 1 fully saturated rings. The maximum atomic E-state index is 11.2. The SMILES string of the molecule is C[C@@H]([C@@H](O)c1ccc[n+]([O-])c1)N1CCCCC1. The molecule has 2 atom stereocenters. The molecule has 4 nitrogen and oxygen atoms in total. The van der Waals surface area contributed by atoms with Gasteiger partial charge in [-0.15, -0.1) is 0 Å². The topological polar surface area (TPSA) is 50.4 Å². The average Bonchev–Trinajstić information content (AvgIpc) is 2.38. The summed E-state index contributed by atoms with van der Waals surface area (Å²) in [6.45, 7) is 4.11. The summed E-state index contributed by atoms with van der Waals surface area (Å²) < 4.78 is 0.738. The number of aliphatic hydroxyl groups is 1. The number of hydrogen-bond donors (Lipinski definition) is 1. The minimum atomic E-state index is -0.588. The number of likely N-dealkylation sites (tertiary alicyclic amines) is 1. The van der Waals surface area contributed by atoms with Gasteiger partial charge in [0.15, 0.2) is 12.4 Å². The van der Waals surface area contributed by atoms with Crippen LogP contribution in [0.5, 0.6) is 0 Å². The smallest absolute Gasteiger partial charge is 0.186 e. The lowest BCUT2D eigenvalue weighted by atomic mass is 10.0. The summed E-state index contributed by atoms with van der Waals surface area (Å²) in [4.78, 5) is 2.30. The predicted molar refractivity (Wildman–Crippen MR) is 65.2 cm³/mol. The van der Waals surface area contributed by atoms with Gasteiger partial charge < -0.3 is 10.3 Å². The molecule has 0 bridgehead atoms. The zero-order valence-electron chi connectivity index (χ0n) is 10.2. The fraction of sp³-hybridized carbons (Fsp3) is 0.615. The van der Waals surface area contributed by atoms with Gasteiger partial charge in [-0.2, -0.15) is 4.73 Å². The average molecular weight is 236 g/mol. The molecule has 0 spiro atoms. The van der Waals surface area contributed by atoms with Crippen LogP contribution in [-0.2, 0) is 0 Å². The van der Waals surface area contributed by atoms with Gasteiger partial charge in [0, 0.05) is 17.7 Å². The highest BCUT2D eigenvalue weighted by Crippen LogP contribution is 2.22. The van der Waals surface area contributed by atoms with Gasteiger partial charge in [0.2, 0.25) is 0 Å². The molecule has 0 unspecified atom stereocenters. The Balaban J connectivity index is 2.05. The molecule has 94 valence electrons. The van der Waals surface area contributed by atoms with E-state index in [1.165, 1.54) is 31.7 Å². The Morgan fingerprint density at radius 3 is 2.71 bits per heavy atom. The number of aromatic nitrogens is 1. The van der Waals surface area contributed by atoms with Gasteiger partial charge in [0.25, 0.3) is 0 Å². The third-order valence-corrected chi connectivity index (χ3v) is 3.56. The maximum Gasteiger partial charge on any atom is 0.186 e.